The van der Waals surface area contributed by atoms with Crippen molar-refractivity contribution in [3.63, 3.8) is 0 Å². The largest absolute Gasteiger partial charge is 0.310 e. The van der Waals surface area contributed by atoms with Gasteiger partial charge in [0.25, 0.3) is 0 Å². The molecule has 0 spiro atoms. The van der Waals surface area contributed by atoms with Crippen LogP contribution in [0.1, 0.15) is 138 Å². The van der Waals surface area contributed by atoms with Crippen LogP contribution in [0.3, 0.4) is 0 Å². The third-order valence-electron chi connectivity index (χ3n) is 11.3. The second-order valence-electron chi connectivity index (χ2n) is 14.0. The van der Waals surface area contributed by atoms with Gasteiger partial charge in [-0.3, -0.25) is 0 Å². The molecule has 0 atom stereocenters. The minimum absolute atomic E-state index is 0.0901. The molecule has 2 fully saturated rings. The van der Waals surface area contributed by atoms with Crippen molar-refractivity contribution in [2.45, 2.75) is 121 Å². The van der Waals surface area contributed by atoms with E-state index in [-0.39, 0.29) is 5.41 Å². The minimum Gasteiger partial charge on any atom is -0.310 e. The lowest BCUT2D eigenvalue weighted by atomic mass is 9.71. The Morgan fingerprint density at radius 1 is 0.523 bits per heavy atom. The third-order valence-corrected chi connectivity index (χ3v) is 11.3. The van der Waals surface area contributed by atoms with Crippen molar-refractivity contribution < 1.29 is 0 Å². The van der Waals surface area contributed by atoms with Gasteiger partial charge in [-0.15, -0.1) is 0 Å². The van der Waals surface area contributed by atoms with Crippen LogP contribution in [0.25, 0.3) is 11.1 Å². The van der Waals surface area contributed by atoms with Crippen molar-refractivity contribution in [1.29, 1.82) is 0 Å². The molecule has 0 bridgehead atoms. The molecule has 0 N–H and O–H groups in total. The summed E-state index contributed by atoms with van der Waals surface area (Å²) >= 11 is 0. The first-order chi connectivity index (χ1) is 21.7. The van der Waals surface area contributed by atoms with E-state index >= 15 is 0 Å². The highest BCUT2D eigenvalue weighted by Gasteiger charge is 2.42. The van der Waals surface area contributed by atoms with Gasteiger partial charge in [0, 0.05) is 22.5 Å². The molecule has 3 aliphatic rings. The van der Waals surface area contributed by atoms with Crippen LogP contribution >= 0.6 is 0 Å². The molecule has 0 aliphatic heterocycles. The van der Waals surface area contributed by atoms with Crippen LogP contribution in [0.15, 0.2) is 91.0 Å². The molecule has 1 heteroatoms. The Bertz CT molecular complexity index is 1470. The Morgan fingerprint density at radius 3 is 1.52 bits per heavy atom. The van der Waals surface area contributed by atoms with Gasteiger partial charge in [-0.2, -0.15) is 0 Å². The number of nitrogens with zero attached hydrogens (tertiary/aromatic N) is 1. The van der Waals surface area contributed by atoms with Crippen molar-refractivity contribution in [2.24, 2.45) is 0 Å². The summed E-state index contributed by atoms with van der Waals surface area (Å²) in [7, 11) is 0. The van der Waals surface area contributed by atoms with Gasteiger partial charge < -0.3 is 4.90 Å². The second kappa shape index (κ2) is 13.0. The quantitative estimate of drug-likeness (QED) is 0.190. The SMILES string of the molecule is CCCC1(CCC)c2ccccc2-c2ccc(N(c3ccc(C4CCCCC4)cc3)c3ccc(C4CCCCC4)cc3)cc21. The van der Waals surface area contributed by atoms with Crippen LogP contribution in [0, 0.1) is 0 Å². The lowest BCUT2D eigenvalue weighted by Gasteiger charge is -2.33. The smallest absolute Gasteiger partial charge is 0.0465 e. The van der Waals surface area contributed by atoms with Gasteiger partial charge in [-0.1, -0.05) is 120 Å². The Balaban J connectivity index is 1.32. The molecule has 0 amide bonds. The summed E-state index contributed by atoms with van der Waals surface area (Å²) in [5.41, 5.74) is 12.9. The van der Waals surface area contributed by atoms with Gasteiger partial charge >= 0.3 is 0 Å². The Kier molecular flexibility index (Phi) is 8.66. The Hall–Kier alpha value is -3.32. The maximum atomic E-state index is 2.56. The molecule has 1 nitrogen and oxygen atoms in total. The normalized spacial score (nSPS) is 18.1. The average Bonchev–Trinajstić information content (AvgIpc) is 3.35. The Labute approximate surface area is 266 Å². The van der Waals surface area contributed by atoms with Crippen molar-refractivity contribution in [3.05, 3.63) is 113 Å². The molecule has 0 heterocycles. The number of hydrogen-bond acceptors (Lipinski definition) is 1. The number of fused-ring (bicyclic) bond motifs is 3. The maximum absolute atomic E-state index is 2.56. The molecule has 0 radical (unpaired) electrons. The summed E-state index contributed by atoms with van der Waals surface area (Å²) in [6, 6.07) is 35.9. The van der Waals surface area contributed by atoms with E-state index in [2.05, 4.69) is 110 Å². The van der Waals surface area contributed by atoms with Crippen LogP contribution in [0.5, 0.6) is 0 Å². The molecule has 7 rings (SSSR count). The van der Waals surface area contributed by atoms with Crippen molar-refractivity contribution in [1.82, 2.24) is 0 Å². The van der Waals surface area contributed by atoms with E-state index in [1.165, 1.54) is 140 Å². The van der Waals surface area contributed by atoms with Gasteiger partial charge in [0.2, 0.25) is 0 Å². The molecule has 0 aromatic heterocycles. The van der Waals surface area contributed by atoms with Crippen LogP contribution in [-0.4, -0.2) is 0 Å². The standard InChI is InChI=1S/C43H51N/c1-3-29-43(30-4-2)41-18-12-11-17-39(41)40-28-27-38(31-42(40)43)44(36-23-19-34(20-24-36)32-13-7-5-8-14-32)37-25-21-35(22-26-37)33-15-9-6-10-16-33/h11-12,17-28,31-33H,3-10,13-16,29-30H2,1-2H3. The first kappa shape index (κ1) is 29.4. The van der Waals surface area contributed by atoms with Crippen LogP contribution in [0.2, 0.25) is 0 Å². The van der Waals surface area contributed by atoms with E-state index in [0.717, 1.165) is 11.8 Å². The van der Waals surface area contributed by atoms with Crippen molar-refractivity contribution in [3.8, 4) is 11.1 Å². The average molecular weight is 582 g/mol. The number of benzene rings is 4. The zero-order valence-electron chi connectivity index (χ0n) is 27.2. The zero-order valence-corrected chi connectivity index (χ0v) is 27.2. The summed E-state index contributed by atoms with van der Waals surface area (Å²) in [5, 5.41) is 0. The molecule has 0 unspecified atom stereocenters. The van der Waals surface area contributed by atoms with Crippen LogP contribution < -0.4 is 4.90 Å². The van der Waals surface area contributed by atoms with Crippen molar-refractivity contribution in [2.75, 3.05) is 4.90 Å². The summed E-state index contributed by atoms with van der Waals surface area (Å²) in [6.07, 6.45) is 18.4. The maximum Gasteiger partial charge on any atom is 0.0465 e. The minimum atomic E-state index is 0.0901. The molecule has 3 aliphatic carbocycles. The van der Waals surface area contributed by atoms with Gasteiger partial charge in [-0.05, 0) is 120 Å². The highest BCUT2D eigenvalue weighted by molar-refractivity contribution is 5.85. The van der Waals surface area contributed by atoms with Crippen molar-refractivity contribution >= 4 is 17.1 Å². The molecule has 2 saturated carbocycles. The first-order valence-corrected chi connectivity index (χ1v) is 18.0. The number of anilines is 3. The number of hydrogen-bond donors (Lipinski definition) is 0. The topological polar surface area (TPSA) is 3.24 Å². The summed E-state index contributed by atoms with van der Waals surface area (Å²) in [6.45, 7) is 4.71. The summed E-state index contributed by atoms with van der Waals surface area (Å²) in [5.74, 6) is 1.45. The molecule has 228 valence electrons. The van der Waals surface area contributed by atoms with Gasteiger partial charge in [0.05, 0.1) is 0 Å². The molecule has 4 aromatic rings. The molecular formula is C43H51N. The molecular weight excluding hydrogens is 530 g/mol. The Morgan fingerprint density at radius 2 is 1.00 bits per heavy atom. The van der Waals surface area contributed by atoms with E-state index in [4.69, 9.17) is 0 Å². The van der Waals surface area contributed by atoms with E-state index in [0.29, 0.717) is 0 Å². The second-order valence-corrected chi connectivity index (χ2v) is 14.0. The molecule has 44 heavy (non-hydrogen) atoms. The highest BCUT2D eigenvalue weighted by atomic mass is 15.1. The lowest BCUT2D eigenvalue weighted by molar-refractivity contribution is 0.436. The third kappa shape index (κ3) is 5.42. The van der Waals surface area contributed by atoms with E-state index < -0.39 is 0 Å². The molecule has 4 aromatic carbocycles. The predicted octanol–water partition coefficient (Wildman–Crippen LogP) is 13.1. The fourth-order valence-corrected chi connectivity index (χ4v) is 9.21. The predicted molar refractivity (Wildman–Crippen MR) is 189 cm³/mol. The monoisotopic (exact) mass is 581 g/mol. The fraction of sp³-hybridized carbons (Fsp3) is 0.442. The fourth-order valence-electron chi connectivity index (χ4n) is 9.21. The van der Waals surface area contributed by atoms with Gasteiger partial charge in [0.15, 0.2) is 0 Å². The van der Waals surface area contributed by atoms with Gasteiger partial charge in [0.1, 0.15) is 0 Å². The van der Waals surface area contributed by atoms with E-state index in [9.17, 15) is 0 Å². The van der Waals surface area contributed by atoms with E-state index in [1.807, 2.05) is 0 Å². The summed E-state index contributed by atoms with van der Waals surface area (Å²) < 4.78 is 0. The highest BCUT2D eigenvalue weighted by Crippen LogP contribution is 2.55. The summed E-state index contributed by atoms with van der Waals surface area (Å²) in [4.78, 5) is 2.53. The first-order valence-electron chi connectivity index (χ1n) is 18.0. The van der Waals surface area contributed by atoms with Crippen LogP contribution in [0.4, 0.5) is 17.1 Å². The van der Waals surface area contributed by atoms with E-state index in [1.54, 1.807) is 0 Å². The van der Waals surface area contributed by atoms with Crippen LogP contribution in [-0.2, 0) is 5.41 Å². The lowest BCUT2D eigenvalue weighted by Crippen LogP contribution is -2.25. The molecule has 0 saturated heterocycles. The number of rotatable bonds is 9. The zero-order chi connectivity index (χ0) is 29.9. The van der Waals surface area contributed by atoms with Gasteiger partial charge in [-0.25, -0.2) is 0 Å².